The van der Waals surface area contributed by atoms with Gasteiger partial charge in [-0.25, -0.2) is 0 Å². The molecule has 0 radical (unpaired) electrons. The molecular formula is C17H28N2O2. The van der Waals surface area contributed by atoms with Crippen LogP contribution in [0.3, 0.4) is 0 Å². The van der Waals surface area contributed by atoms with Crippen molar-refractivity contribution < 1.29 is 9.47 Å². The summed E-state index contributed by atoms with van der Waals surface area (Å²) in [5, 5.41) is 3.48. The van der Waals surface area contributed by atoms with Gasteiger partial charge in [-0.15, -0.1) is 0 Å². The maximum atomic E-state index is 5.54. The molecule has 0 saturated heterocycles. The van der Waals surface area contributed by atoms with Crippen LogP contribution >= 0.6 is 0 Å². The Labute approximate surface area is 128 Å². The summed E-state index contributed by atoms with van der Waals surface area (Å²) >= 11 is 0. The van der Waals surface area contributed by atoms with E-state index in [-0.39, 0.29) is 0 Å². The van der Waals surface area contributed by atoms with Crippen LogP contribution in [0.25, 0.3) is 0 Å². The summed E-state index contributed by atoms with van der Waals surface area (Å²) in [4.78, 5) is 2.40. The van der Waals surface area contributed by atoms with Gasteiger partial charge in [-0.1, -0.05) is 12.1 Å². The first-order valence-electron chi connectivity index (χ1n) is 8.08. The first kappa shape index (κ1) is 16.3. The summed E-state index contributed by atoms with van der Waals surface area (Å²) in [7, 11) is 0. The second-order valence-corrected chi connectivity index (χ2v) is 5.22. The summed E-state index contributed by atoms with van der Waals surface area (Å²) in [6, 6.07) is 6.65. The Bertz CT molecular complexity index is 413. The number of nitrogens with zero attached hydrogens (tertiary/aromatic N) is 1. The highest BCUT2D eigenvalue weighted by atomic mass is 16.5. The summed E-state index contributed by atoms with van der Waals surface area (Å²) in [6.07, 6.45) is 1.12. The van der Waals surface area contributed by atoms with E-state index >= 15 is 0 Å². The Kier molecular flexibility index (Phi) is 7.00. The van der Waals surface area contributed by atoms with Crippen LogP contribution in [0.4, 0.5) is 5.69 Å². The number of hydrogen-bond acceptors (Lipinski definition) is 4. The van der Waals surface area contributed by atoms with Gasteiger partial charge in [0, 0.05) is 38.5 Å². The van der Waals surface area contributed by atoms with Gasteiger partial charge in [-0.05, 0) is 44.0 Å². The molecule has 1 aliphatic heterocycles. The van der Waals surface area contributed by atoms with Gasteiger partial charge in [-0.3, -0.25) is 0 Å². The van der Waals surface area contributed by atoms with Crippen LogP contribution in [-0.2, 0) is 22.4 Å². The van der Waals surface area contributed by atoms with Crippen molar-refractivity contribution in [1.29, 1.82) is 0 Å². The number of nitrogens with one attached hydrogen (secondary N) is 1. The molecule has 2 rings (SSSR count). The van der Waals surface area contributed by atoms with Crippen molar-refractivity contribution in [3.63, 3.8) is 0 Å². The molecule has 1 heterocycles. The Balaban J connectivity index is 2.10. The van der Waals surface area contributed by atoms with Gasteiger partial charge in [0.25, 0.3) is 0 Å². The number of anilines is 1. The Morgan fingerprint density at radius 3 is 2.48 bits per heavy atom. The van der Waals surface area contributed by atoms with Crippen LogP contribution in [-0.4, -0.2) is 46.1 Å². The molecule has 0 aliphatic carbocycles. The molecule has 21 heavy (non-hydrogen) atoms. The number of rotatable bonds is 9. The van der Waals surface area contributed by atoms with Gasteiger partial charge in [0.1, 0.15) is 0 Å². The van der Waals surface area contributed by atoms with Crippen molar-refractivity contribution in [3.05, 3.63) is 29.3 Å². The van der Waals surface area contributed by atoms with Crippen molar-refractivity contribution in [2.24, 2.45) is 0 Å². The fourth-order valence-corrected chi connectivity index (χ4v) is 2.78. The number of ether oxygens (including phenoxy) is 2. The number of fused-ring (bicyclic) bond motifs is 1. The SMILES string of the molecule is CCOCCN(CCOCC)c1cccc2c1CNCC2. The molecule has 1 aromatic carbocycles. The number of hydrogen-bond donors (Lipinski definition) is 1. The van der Waals surface area contributed by atoms with Crippen LogP contribution < -0.4 is 10.2 Å². The van der Waals surface area contributed by atoms with Gasteiger partial charge in [-0.2, -0.15) is 0 Å². The summed E-state index contributed by atoms with van der Waals surface area (Å²) in [6.45, 7) is 11.0. The second-order valence-electron chi connectivity index (χ2n) is 5.22. The third-order valence-corrected chi connectivity index (χ3v) is 3.88. The molecule has 1 aliphatic rings. The lowest BCUT2D eigenvalue weighted by Crippen LogP contribution is -2.34. The first-order valence-corrected chi connectivity index (χ1v) is 8.08. The minimum atomic E-state index is 0.764. The average molecular weight is 292 g/mol. The lowest BCUT2D eigenvalue weighted by molar-refractivity contribution is 0.141. The first-order chi connectivity index (χ1) is 10.4. The molecule has 0 aromatic heterocycles. The Morgan fingerprint density at radius 1 is 1.10 bits per heavy atom. The molecule has 4 heteroatoms. The van der Waals surface area contributed by atoms with Crippen LogP contribution in [0.2, 0.25) is 0 Å². The predicted molar refractivity (Wildman–Crippen MR) is 87.1 cm³/mol. The maximum absolute atomic E-state index is 5.54. The van der Waals surface area contributed by atoms with Gasteiger partial charge < -0.3 is 19.7 Å². The molecule has 0 bridgehead atoms. The highest BCUT2D eigenvalue weighted by Crippen LogP contribution is 2.26. The Morgan fingerprint density at radius 2 is 1.81 bits per heavy atom. The molecule has 1 aromatic rings. The van der Waals surface area contributed by atoms with Crippen LogP contribution in [0.15, 0.2) is 18.2 Å². The van der Waals surface area contributed by atoms with Gasteiger partial charge in [0.15, 0.2) is 0 Å². The summed E-state index contributed by atoms with van der Waals surface area (Å²) < 4.78 is 11.1. The van der Waals surface area contributed by atoms with Crippen molar-refractivity contribution in [3.8, 4) is 0 Å². The number of benzene rings is 1. The summed E-state index contributed by atoms with van der Waals surface area (Å²) in [5.41, 5.74) is 4.25. The highest BCUT2D eigenvalue weighted by Gasteiger charge is 2.16. The minimum Gasteiger partial charge on any atom is -0.380 e. The van der Waals surface area contributed by atoms with Crippen molar-refractivity contribution in [2.45, 2.75) is 26.8 Å². The van der Waals surface area contributed by atoms with Crippen molar-refractivity contribution >= 4 is 5.69 Å². The molecule has 0 spiro atoms. The van der Waals surface area contributed by atoms with E-state index in [4.69, 9.17) is 9.47 Å². The van der Waals surface area contributed by atoms with E-state index in [9.17, 15) is 0 Å². The van der Waals surface area contributed by atoms with Gasteiger partial charge in [0.05, 0.1) is 13.2 Å². The third-order valence-electron chi connectivity index (χ3n) is 3.88. The minimum absolute atomic E-state index is 0.764. The Hall–Kier alpha value is -1.10. The molecule has 0 unspecified atom stereocenters. The zero-order valence-corrected chi connectivity index (χ0v) is 13.4. The van der Waals surface area contributed by atoms with Gasteiger partial charge >= 0.3 is 0 Å². The molecule has 1 N–H and O–H groups in total. The standard InChI is InChI=1S/C17H28N2O2/c1-3-20-12-10-19(11-13-21-4-2)17-7-5-6-15-8-9-18-14-16(15)17/h5-7,18H,3-4,8-14H2,1-2H3. The molecule has 0 amide bonds. The van der Waals surface area contributed by atoms with Crippen molar-refractivity contribution in [1.82, 2.24) is 5.32 Å². The summed E-state index contributed by atoms with van der Waals surface area (Å²) in [5.74, 6) is 0. The normalized spacial score (nSPS) is 14.0. The van der Waals surface area contributed by atoms with E-state index < -0.39 is 0 Å². The smallest absolute Gasteiger partial charge is 0.0641 e. The van der Waals surface area contributed by atoms with Crippen molar-refractivity contribution in [2.75, 3.05) is 51.0 Å². The van der Waals surface area contributed by atoms with E-state index in [2.05, 4.69) is 28.4 Å². The molecule has 0 atom stereocenters. The molecule has 118 valence electrons. The second kappa shape index (κ2) is 9.03. The molecular weight excluding hydrogens is 264 g/mol. The molecule has 4 nitrogen and oxygen atoms in total. The lowest BCUT2D eigenvalue weighted by atomic mass is 9.98. The van der Waals surface area contributed by atoms with Crippen LogP contribution in [0.5, 0.6) is 0 Å². The van der Waals surface area contributed by atoms with E-state index in [1.54, 1.807) is 0 Å². The quantitative estimate of drug-likeness (QED) is 0.708. The zero-order valence-electron chi connectivity index (χ0n) is 13.4. The monoisotopic (exact) mass is 292 g/mol. The van der Waals surface area contributed by atoms with E-state index in [0.29, 0.717) is 0 Å². The molecule has 0 fully saturated rings. The largest absolute Gasteiger partial charge is 0.380 e. The maximum Gasteiger partial charge on any atom is 0.0641 e. The third kappa shape index (κ3) is 4.70. The van der Waals surface area contributed by atoms with Crippen LogP contribution in [0.1, 0.15) is 25.0 Å². The van der Waals surface area contributed by atoms with Crippen LogP contribution in [0, 0.1) is 0 Å². The zero-order chi connectivity index (χ0) is 14.9. The lowest BCUT2D eigenvalue weighted by Gasteiger charge is -2.30. The van der Waals surface area contributed by atoms with E-state index in [1.807, 2.05) is 13.8 Å². The van der Waals surface area contributed by atoms with E-state index in [1.165, 1.54) is 16.8 Å². The topological polar surface area (TPSA) is 33.7 Å². The molecule has 0 saturated carbocycles. The average Bonchev–Trinajstić information content (AvgIpc) is 2.53. The van der Waals surface area contributed by atoms with E-state index in [0.717, 1.165) is 59.0 Å². The predicted octanol–water partition coefficient (Wildman–Crippen LogP) is 2.21. The fraction of sp³-hybridized carbons (Fsp3) is 0.647. The van der Waals surface area contributed by atoms with Gasteiger partial charge in [0.2, 0.25) is 0 Å². The fourth-order valence-electron chi connectivity index (χ4n) is 2.78. The highest BCUT2D eigenvalue weighted by molar-refractivity contribution is 5.57.